The van der Waals surface area contributed by atoms with Crippen LogP contribution in [0.3, 0.4) is 0 Å². The summed E-state index contributed by atoms with van der Waals surface area (Å²) >= 11 is 0. The molecule has 1 aromatic heterocycles. The zero-order valence-corrected chi connectivity index (χ0v) is 13.6. The number of rotatable bonds is 6. The number of hydrogen-bond donors (Lipinski definition) is 2. The highest BCUT2D eigenvalue weighted by molar-refractivity contribution is 5.77. The van der Waals surface area contributed by atoms with Crippen molar-refractivity contribution in [3.05, 3.63) is 76.1 Å². The first kappa shape index (κ1) is 16.8. The van der Waals surface area contributed by atoms with Crippen molar-refractivity contribution in [2.75, 3.05) is 0 Å². The third-order valence-electron chi connectivity index (χ3n) is 3.88. The van der Waals surface area contributed by atoms with E-state index in [-0.39, 0.29) is 17.3 Å². The second-order valence-corrected chi connectivity index (χ2v) is 5.79. The molecule has 0 unspecified atom stereocenters. The SMILES string of the molecule is O=C(CCCc1nc2ccccc2c(=O)[nH]1)NCc1ccc(F)cc1. The van der Waals surface area contributed by atoms with Gasteiger partial charge in [-0.15, -0.1) is 0 Å². The van der Waals surface area contributed by atoms with Crippen LogP contribution in [0.5, 0.6) is 0 Å². The molecule has 25 heavy (non-hydrogen) atoms. The summed E-state index contributed by atoms with van der Waals surface area (Å²) in [6.45, 7) is 0.365. The van der Waals surface area contributed by atoms with Gasteiger partial charge in [-0.1, -0.05) is 24.3 Å². The van der Waals surface area contributed by atoms with Gasteiger partial charge < -0.3 is 10.3 Å². The summed E-state index contributed by atoms with van der Waals surface area (Å²) in [5.41, 5.74) is 1.33. The second kappa shape index (κ2) is 7.70. The van der Waals surface area contributed by atoms with E-state index in [1.807, 2.05) is 6.07 Å². The van der Waals surface area contributed by atoms with Gasteiger partial charge in [0, 0.05) is 19.4 Å². The molecule has 3 aromatic rings. The molecule has 6 heteroatoms. The number of aromatic amines is 1. The number of aromatic nitrogens is 2. The van der Waals surface area contributed by atoms with Gasteiger partial charge >= 0.3 is 0 Å². The molecule has 0 saturated heterocycles. The lowest BCUT2D eigenvalue weighted by molar-refractivity contribution is -0.121. The molecule has 1 amide bonds. The molecule has 2 N–H and O–H groups in total. The van der Waals surface area contributed by atoms with Crippen LogP contribution >= 0.6 is 0 Å². The fraction of sp³-hybridized carbons (Fsp3) is 0.211. The Kier molecular flexibility index (Phi) is 5.18. The molecule has 0 aliphatic heterocycles. The molecule has 0 saturated carbocycles. The number of fused-ring (bicyclic) bond motifs is 1. The first-order valence-corrected chi connectivity index (χ1v) is 8.11. The number of aryl methyl sites for hydroxylation is 1. The summed E-state index contributed by atoms with van der Waals surface area (Å²) in [6, 6.07) is 13.2. The number of amides is 1. The largest absolute Gasteiger partial charge is 0.352 e. The van der Waals surface area contributed by atoms with E-state index in [1.54, 1.807) is 30.3 Å². The molecule has 0 fully saturated rings. The Labute approximate surface area is 143 Å². The summed E-state index contributed by atoms with van der Waals surface area (Å²) in [4.78, 5) is 31.0. The van der Waals surface area contributed by atoms with Gasteiger partial charge in [-0.3, -0.25) is 9.59 Å². The van der Waals surface area contributed by atoms with Crippen LogP contribution in [0.2, 0.25) is 0 Å². The van der Waals surface area contributed by atoms with Gasteiger partial charge in [0.15, 0.2) is 0 Å². The molecule has 0 bridgehead atoms. The van der Waals surface area contributed by atoms with Gasteiger partial charge in [0.05, 0.1) is 10.9 Å². The minimum Gasteiger partial charge on any atom is -0.352 e. The van der Waals surface area contributed by atoms with E-state index in [0.717, 1.165) is 5.56 Å². The van der Waals surface area contributed by atoms with Crippen molar-refractivity contribution in [1.29, 1.82) is 0 Å². The van der Waals surface area contributed by atoms with Gasteiger partial charge in [0.2, 0.25) is 5.91 Å². The Bertz CT molecular complexity index is 935. The van der Waals surface area contributed by atoms with Crippen molar-refractivity contribution < 1.29 is 9.18 Å². The molecule has 2 aromatic carbocycles. The summed E-state index contributed by atoms with van der Waals surface area (Å²) in [5.74, 6) is 0.189. The van der Waals surface area contributed by atoms with E-state index in [9.17, 15) is 14.0 Å². The molecule has 0 spiro atoms. The fourth-order valence-electron chi connectivity index (χ4n) is 2.56. The van der Waals surface area contributed by atoms with Crippen molar-refractivity contribution in [2.45, 2.75) is 25.8 Å². The summed E-state index contributed by atoms with van der Waals surface area (Å²) < 4.78 is 12.8. The number of carbonyl (C=O) groups excluding carboxylic acids is 1. The summed E-state index contributed by atoms with van der Waals surface area (Å²) in [7, 11) is 0. The summed E-state index contributed by atoms with van der Waals surface area (Å²) in [5, 5.41) is 3.35. The van der Waals surface area contributed by atoms with Crippen LogP contribution in [-0.4, -0.2) is 15.9 Å². The van der Waals surface area contributed by atoms with E-state index in [2.05, 4.69) is 15.3 Å². The third kappa shape index (κ3) is 4.50. The predicted octanol–water partition coefficient (Wildman–Crippen LogP) is 2.70. The Morgan fingerprint density at radius 3 is 2.68 bits per heavy atom. The minimum absolute atomic E-state index is 0.0903. The zero-order valence-electron chi connectivity index (χ0n) is 13.6. The number of hydrogen-bond acceptors (Lipinski definition) is 3. The van der Waals surface area contributed by atoms with Crippen molar-refractivity contribution in [3.63, 3.8) is 0 Å². The quantitative estimate of drug-likeness (QED) is 0.725. The first-order valence-electron chi connectivity index (χ1n) is 8.11. The molecular weight excluding hydrogens is 321 g/mol. The summed E-state index contributed by atoms with van der Waals surface area (Å²) in [6.07, 6.45) is 1.43. The van der Waals surface area contributed by atoms with E-state index in [1.165, 1.54) is 12.1 Å². The van der Waals surface area contributed by atoms with E-state index < -0.39 is 0 Å². The molecule has 0 atom stereocenters. The van der Waals surface area contributed by atoms with Crippen molar-refractivity contribution in [3.8, 4) is 0 Å². The lowest BCUT2D eigenvalue weighted by atomic mass is 10.2. The maximum absolute atomic E-state index is 12.8. The molecule has 0 radical (unpaired) electrons. The molecule has 0 aliphatic carbocycles. The van der Waals surface area contributed by atoms with Crippen LogP contribution < -0.4 is 10.9 Å². The van der Waals surface area contributed by atoms with Gasteiger partial charge in [-0.25, -0.2) is 9.37 Å². The molecule has 1 heterocycles. The lowest BCUT2D eigenvalue weighted by Crippen LogP contribution is -2.22. The standard InChI is InChI=1S/C19H18FN3O2/c20-14-10-8-13(9-11-14)12-21-18(24)7-3-6-17-22-16-5-2-1-4-15(16)19(25)23-17/h1-2,4-5,8-11H,3,6-7,12H2,(H,21,24)(H,22,23,25). The predicted molar refractivity (Wildman–Crippen MR) is 93.5 cm³/mol. The second-order valence-electron chi connectivity index (χ2n) is 5.79. The zero-order chi connectivity index (χ0) is 17.6. The van der Waals surface area contributed by atoms with Crippen LogP contribution in [0, 0.1) is 5.82 Å². The van der Waals surface area contributed by atoms with Crippen LogP contribution in [0.25, 0.3) is 10.9 Å². The van der Waals surface area contributed by atoms with Crippen molar-refractivity contribution in [2.24, 2.45) is 0 Å². The number of carbonyl (C=O) groups is 1. The van der Waals surface area contributed by atoms with Crippen LogP contribution in [0.15, 0.2) is 53.3 Å². The van der Waals surface area contributed by atoms with Crippen LogP contribution in [0.1, 0.15) is 24.2 Å². The average Bonchev–Trinajstić information content (AvgIpc) is 2.61. The molecular formula is C19H18FN3O2. The Morgan fingerprint density at radius 1 is 1.12 bits per heavy atom. The topological polar surface area (TPSA) is 74.8 Å². The number of H-pyrrole nitrogens is 1. The van der Waals surface area contributed by atoms with Gasteiger partial charge in [0.1, 0.15) is 11.6 Å². The first-order chi connectivity index (χ1) is 12.1. The molecule has 5 nitrogen and oxygen atoms in total. The normalized spacial score (nSPS) is 10.8. The average molecular weight is 339 g/mol. The van der Waals surface area contributed by atoms with Crippen LogP contribution in [0.4, 0.5) is 4.39 Å². The van der Waals surface area contributed by atoms with Crippen molar-refractivity contribution >= 4 is 16.8 Å². The van der Waals surface area contributed by atoms with E-state index >= 15 is 0 Å². The fourth-order valence-corrected chi connectivity index (χ4v) is 2.56. The minimum atomic E-state index is -0.299. The van der Waals surface area contributed by atoms with Crippen LogP contribution in [-0.2, 0) is 17.8 Å². The molecule has 3 rings (SSSR count). The highest BCUT2D eigenvalue weighted by Gasteiger charge is 2.06. The maximum atomic E-state index is 12.8. The smallest absolute Gasteiger partial charge is 0.258 e. The number of halogens is 1. The lowest BCUT2D eigenvalue weighted by Gasteiger charge is -2.06. The monoisotopic (exact) mass is 339 g/mol. The Morgan fingerprint density at radius 2 is 1.88 bits per heavy atom. The van der Waals surface area contributed by atoms with E-state index in [4.69, 9.17) is 0 Å². The third-order valence-corrected chi connectivity index (χ3v) is 3.88. The maximum Gasteiger partial charge on any atom is 0.258 e. The Hall–Kier alpha value is -3.02. The van der Waals surface area contributed by atoms with E-state index in [0.29, 0.717) is 42.5 Å². The highest BCUT2D eigenvalue weighted by atomic mass is 19.1. The highest BCUT2D eigenvalue weighted by Crippen LogP contribution is 2.07. The molecule has 0 aliphatic rings. The molecule has 128 valence electrons. The number of benzene rings is 2. The van der Waals surface area contributed by atoms with Gasteiger partial charge in [0.25, 0.3) is 5.56 Å². The van der Waals surface area contributed by atoms with Crippen molar-refractivity contribution in [1.82, 2.24) is 15.3 Å². The Balaban J connectivity index is 1.50. The van der Waals surface area contributed by atoms with Gasteiger partial charge in [-0.05, 0) is 36.2 Å². The number of nitrogens with one attached hydrogen (secondary N) is 2. The van der Waals surface area contributed by atoms with Gasteiger partial charge in [-0.2, -0.15) is 0 Å². The number of para-hydroxylation sites is 1. The number of nitrogens with zero attached hydrogens (tertiary/aromatic N) is 1.